The summed E-state index contributed by atoms with van der Waals surface area (Å²) in [5.41, 5.74) is 7.80. The van der Waals surface area contributed by atoms with Crippen molar-refractivity contribution in [3.63, 3.8) is 0 Å². The van der Waals surface area contributed by atoms with Crippen molar-refractivity contribution in [2.45, 2.75) is 0 Å². The van der Waals surface area contributed by atoms with E-state index in [4.69, 9.17) is 19.4 Å². The van der Waals surface area contributed by atoms with Gasteiger partial charge in [-0.1, -0.05) is 146 Å². The Bertz CT molecular complexity index is 3870. The van der Waals surface area contributed by atoms with Crippen LogP contribution in [0.1, 0.15) is 0 Å². The van der Waals surface area contributed by atoms with Crippen LogP contribution in [0, 0.1) is 0 Å². The van der Waals surface area contributed by atoms with E-state index in [-0.39, 0.29) is 0 Å². The van der Waals surface area contributed by atoms with Crippen LogP contribution >= 0.6 is 11.3 Å². The molecule has 4 aromatic heterocycles. The van der Waals surface area contributed by atoms with Crippen molar-refractivity contribution >= 4 is 96.8 Å². The zero-order valence-corrected chi connectivity index (χ0v) is 32.2. The summed E-state index contributed by atoms with van der Waals surface area (Å²) in [5, 5.41) is 11.8. The highest BCUT2D eigenvalue weighted by atomic mass is 32.1. The molecule has 4 heterocycles. The standard InChI is InChI=1S/C53H30N4OS/c1-2-13-33-29-34(24-23-31(33)11-1)51-54-52(35-25-27-39-38-16-6-8-22-45(38)58-46(39)30-35)56-53(55-51)57-44-21-7-5-15-37(44)40-17-9-18-41(49(40)57)42-19-10-20-43-48-36-14-4-3-12-32(36)26-28-47(48)59-50(42)43/h1-30H. The lowest BCUT2D eigenvalue weighted by Crippen LogP contribution is -2.07. The third kappa shape index (κ3) is 4.87. The summed E-state index contributed by atoms with van der Waals surface area (Å²) < 4.78 is 11.2. The monoisotopic (exact) mass is 770 g/mol. The van der Waals surface area contributed by atoms with E-state index in [1.54, 1.807) is 0 Å². The number of thiophene rings is 1. The first-order valence-corrected chi connectivity index (χ1v) is 20.6. The second-order valence-corrected chi connectivity index (χ2v) is 16.2. The van der Waals surface area contributed by atoms with E-state index in [2.05, 4.69) is 168 Å². The smallest absolute Gasteiger partial charge is 0.238 e. The van der Waals surface area contributed by atoms with Gasteiger partial charge in [0, 0.05) is 64.0 Å². The number of para-hydroxylation sites is 3. The number of benzene rings is 9. The summed E-state index contributed by atoms with van der Waals surface area (Å²) in [7, 11) is 0. The van der Waals surface area contributed by atoms with Crippen molar-refractivity contribution in [2.75, 3.05) is 0 Å². The third-order valence-electron chi connectivity index (χ3n) is 11.8. The lowest BCUT2D eigenvalue weighted by atomic mass is 9.98. The van der Waals surface area contributed by atoms with E-state index in [9.17, 15) is 0 Å². The average Bonchev–Trinajstić information content (AvgIpc) is 3.98. The molecular formula is C53H30N4OS. The molecule has 59 heavy (non-hydrogen) atoms. The quantitative estimate of drug-likeness (QED) is 0.179. The number of rotatable bonds is 4. The third-order valence-corrected chi connectivity index (χ3v) is 13.0. The summed E-state index contributed by atoms with van der Waals surface area (Å²) in [5.74, 6) is 1.72. The van der Waals surface area contributed by atoms with E-state index in [0.717, 1.165) is 71.2 Å². The van der Waals surface area contributed by atoms with Gasteiger partial charge in [-0.3, -0.25) is 4.57 Å². The molecule has 0 saturated heterocycles. The highest BCUT2D eigenvalue weighted by molar-refractivity contribution is 7.26. The molecule has 0 amide bonds. The molecule has 0 unspecified atom stereocenters. The van der Waals surface area contributed by atoms with Crippen LogP contribution in [0.2, 0.25) is 0 Å². The van der Waals surface area contributed by atoms with Crippen LogP contribution in [0.3, 0.4) is 0 Å². The largest absolute Gasteiger partial charge is 0.456 e. The van der Waals surface area contributed by atoms with Gasteiger partial charge in [0.05, 0.1) is 11.0 Å². The molecule has 0 fully saturated rings. The van der Waals surface area contributed by atoms with E-state index < -0.39 is 0 Å². The molecule has 6 heteroatoms. The predicted molar refractivity (Wildman–Crippen MR) is 246 cm³/mol. The minimum absolute atomic E-state index is 0.552. The van der Waals surface area contributed by atoms with Gasteiger partial charge < -0.3 is 4.42 Å². The Morgan fingerprint density at radius 1 is 0.424 bits per heavy atom. The fourth-order valence-corrected chi connectivity index (χ4v) is 10.4. The molecule has 0 aliphatic rings. The zero-order chi connectivity index (χ0) is 38.6. The summed E-state index contributed by atoms with van der Waals surface area (Å²) in [6.07, 6.45) is 0. The van der Waals surface area contributed by atoms with Gasteiger partial charge in [0.25, 0.3) is 0 Å². The lowest BCUT2D eigenvalue weighted by molar-refractivity contribution is 0.669. The molecule has 0 atom stereocenters. The molecule has 0 spiro atoms. The predicted octanol–water partition coefficient (Wildman–Crippen LogP) is 14.5. The van der Waals surface area contributed by atoms with E-state index in [1.165, 1.54) is 36.5 Å². The fraction of sp³-hybridized carbons (Fsp3) is 0. The Hall–Kier alpha value is -7.67. The fourth-order valence-electron chi connectivity index (χ4n) is 9.14. The van der Waals surface area contributed by atoms with Gasteiger partial charge in [-0.05, 0) is 57.9 Å². The van der Waals surface area contributed by atoms with E-state index in [0.29, 0.717) is 17.6 Å². The SMILES string of the molecule is c1ccc2cc(-c3nc(-c4ccc5c(c4)oc4ccccc45)nc(-n4c5ccccc5c5cccc(-c6cccc7c6sc6ccc8ccccc8c67)c54)n3)ccc2c1. The first-order valence-electron chi connectivity index (χ1n) is 19.8. The Morgan fingerprint density at radius 2 is 1.07 bits per heavy atom. The highest BCUT2D eigenvalue weighted by Crippen LogP contribution is 2.46. The van der Waals surface area contributed by atoms with Gasteiger partial charge in [0.2, 0.25) is 5.95 Å². The number of fused-ring (bicyclic) bond motifs is 12. The van der Waals surface area contributed by atoms with Gasteiger partial charge in [-0.15, -0.1) is 11.3 Å². The van der Waals surface area contributed by atoms with E-state index in [1.807, 2.05) is 29.5 Å². The van der Waals surface area contributed by atoms with Crippen molar-refractivity contribution in [2.24, 2.45) is 0 Å². The van der Waals surface area contributed by atoms with Crippen molar-refractivity contribution < 1.29 is 4.42 Å². The van der Waals surface area contributed by atoms with Gasteiger partial charge in [0.15, 0.2) is 11.6 Å². The molecule has 0 bridgehead atoms. The number of nitrogens with zero attached hydrogens (tertiary/aromatic N) is 4. The summed E-state index contributed by atoms with van der Waals surface area (Å²) in [4.78, 5) is 15.9. The Kier molecular flexibility index (Phi) is 6.82. The average molecular weight is 771 g/mol. The Morgan fingerprint density at radius 3 is 1.95 bits per heavy atom. The zero-order valence-electron chi connectivity index (χ0n) is 31.4. The van der Waals surface area contributed by atoms with Crippen LogP contribution in [0.4, 0.5) is 0 Å². The number of hydrogen-bond donors (Lipinski definition) is 0. The summed E-state index contributed by atoms with van der Waals surface area (Å²) in [6, 6.07) is 64.4. The molecule has 5 nitrogen and oxygen atoms in total. The molecule has 13 rings (SSSR count). The summed E-state index contributed by atoms with van der Waals surface area (Å²) >= 11 is 1.86. The van der Waals surface area contributed by atoms with Crippen LogP contribution in [-0.4, -0.2) is 19.5 Å². The molecule has 9 aromatic carbocycles. The Balaban J connectivity index is 1.10. The molecular weight excluding hydrogens is 741 g/mol. The maximum atomic E-state index is 6.37. The van der Waals surface area contributed by atoms with Crippen molar-refractivity contribution in [1.82, 2.24) is 19.5 Å². The maximum Gasteiger partial charge on any atom is 0.238 e. The van der Waals surface area contributed by atoms with Crippen LogP contribution in [-0.2, 0) is 0 Å². The molecule has 0 saturated carbocycles. The van der Waals surface area contributed by atoms with Crippen LogP contribution in [0.25, 0.3) is 125 Å². The second kappa shape index (κ2) is 12.4. The van der Waals surface area contributed by atoms with Crippen LogP contribution in [0.5, 0.6) is 0 Å². The van der Waals surface area contributed by atoms with Gasteiger partial charge in [-0.25, -0.2) is 4.98 Å². The minimum atomic E-state index is 0.552. The molecule has 0 aliphatic heterocycles. The Labute approximate surface area is 341 Å². The van der Waals surface area contributed by atoms with Crippen molar-refractivity contribution in [1.29, 1.82) is 0 Å². The first kappa shape index (κ1) is 32.4. The van der Waals surface area contributed by atoms with Crippen LogP contribution in [0.15, 0.2) is 186 Å². The minimum Gasteiger partial charge on any atom is -0.456 e. The number of hydrogen-bond acceptors (Lipinski definition) is 5. The van der Waals surface area contributed by atoms with Crippen molar-refractivity contribution in [3.8, 4) is 39.9 Å². The topological polar surface area (TPSA) is 56.7 Å². The molecule has 0 N–H and O–H groups in total. The normalized spacial score (nSPS) is 12.1. The molecule has 13 aromatic rings. The number of furan rings is 1. The van der Waals surface area contributed by atoms with Gasteiger partial charge in [0.1, 0.15) is 11.2 Å². The van der Waals surface area contributed by atoms with E-state index >= 15 is 0 Å². The summed E-state index contributed by atoms with van der Waals surface area (Å²) in [6.45, 7) is 0. The lowest BCUT2D eigenvalue weighted by Gasteiger charge is -2.13. The number of aromatic nitrogens is 4. The molecule has 0 radical (unpaired) electrons. The van der Waals surface area contributed by atoms with Crippen LogP contribution < -0.4 is 0 Å². The molecule has 274 valence electrons. The molecule has 0 aliphatic carbocycles. The second-order valence-electron chi connectivity index (χ2n) is 15.2. The maximum absolute atomic E-state index is 6.37. The van der Waals surface area contributed by atoms with Gasteiger partial charge in [-0.2, -0.15) is 9.97 Å². The first-order chi connectivity index (χ1) is 29.2. The van der Waals surface area contributed by atoms with Crippen molar-refractivity contribution in [3.05, 3.63) is 182 Å². The van der Waals surface area contributed by atoms with Gasteiger partial charge >= 0.3 is 0 Å². The highest BCUT2D eigenvalue weighted by Gasteiger charge is 2.23.